The monoisotopic (exact) mass is 361 g/mol. The Hall–Kier alpha value is -1.86. The molecular weight excluding hydrogens is 326 g/mol. The predicted octanol–water partition coefficient (Wildman–Crippen LogP) is 5.12. The van der Waals surface area contributed by atoms with E-state index in [9.17, 15) is 0 Å². The van der Waals surface area contributed by atoms with Gasteiger partial charge < -0.3 is 5.32 Å². The fraction of sp³-hybridized carbons (Fsp3) is 0.462. The molecule has 144 valence electrons. The molecule has 0 atom stereocenters. The molecule has 1 heteroatoms. The van der Waals surface area contributed by atoms with Gasteiger partial charge in [-0.1, -0.05) is 60.6 Å². The summed E-state index contributed by atoms with van der Waals surface area (Å²) in [6.07, 6.45) is 14.1. The number of hydrogen-bond acceptors (Lipinski definition) is 1. The minimum absolute atomic E-state index is 0.721. The summed E-state index contributed by atoms with van der Waals surface area (Å²) in [5, 5.41) is 6.18. The molecule has 27 heavy (non-hydrogen) atoms. The number of nitrogens with one attached hydrogen (secondary N) is 1. The second-order valence-electron chi connectivity index (χ2n) is 8.28. The van der Waals surface area contributed by atoms with Crippen molar-refractivity contribution in [1.82, 2.24) is 5.32 Å². The molecule has 0 aromatic heterocycles. The first kappa shape index (κ1) is 19.9. The van der Waals surface area contributed by atoms with Crippen LogP contribution in [0.4, 0.5) is 0 Å². The molecule has 1 fully saturated rings. The number of allylic oxidation sites excluding steroid dienone is 5. The van der Waals surface area contributed by atoms with Crippen LogP contribution in [0, 0.1) is 5.92 Å². The van der Waals surface area contributed by atoms with Gasteiger partial charge in [-0.3, -0.25) is 0 Å². The van der Waals surface area contributed by atoms with Gasteiger partial charge in [0.15, 0.2) is 0 Å². The van der Waals surface area contributed by atoms with E-state index in [-0.39, 0.29) is 0 Å². The van der Waals surface area contributed by atoms with Gasteiger partial charge in [-0.2, -0.15) is 0 Å². The lowest BCUT2D eigenvalue weighted by atomic mass is 9.85. The molecule has 0 bridgehead atoms. The largest absolute Gasteiger partial charge is 0.317 e. The summed E-state index contributed by atoms with van der Waals surface area (Å²) in [6.45, 7) is 13.2. The standard InChI is InChI=1S/C26H35N/c1-5-6-23-8-9-24(26-10-7-19(2)15-21(26)4)18-25(23)17-20(3)16-22-11-13-27-14-12-22/h6,8-9,16-18,22,27H,2,5,7,10-15H2,1,3-4H3/b20-16-,23-6-,25-17-. The Kier molecular flexibility index (Phi) is 6.90. The molecule has 1 aromatic carbocycles. The summed E-state index contributed by atoms with van der Waals surface area (Å²) in [5.41, 5.74) is 7.19. The number of rotatable bonds is 4. The molecule has 0 spiro atoms. The lowest BCUT2D eigenvalue weighted by molar-refractivity contribution is 0.436. The lowest BCUT2D eigenvalue weighted by Crippen LogP contribution is -2.27. The maximum absolute atomic E-state index is 4.19. The van der Waals surface area contributed by atoms with E-state index in [2.05, 4.69) is 69.1 Å². The minimum Gasteiger partial charge on any atom is -0.317 e. The van der Waals surface area contributed by atoms with Crippen molar-refractivity contribution in [3.8, 4) is 0 Å². The zero-order valence-corrected chi connectivity index (χ0v) is 17.4. The minimum atomic E-state index is 0.721. The van der Waals surface area contributed by atoms with Gasteiger partial charge in [0.25, 0.3) is 0 Å². The third-order valence-electron chi connectivity index (χ3n) is 5.88. The van der Waals surface area contributed by atoms with Crippen LogP contribution >= 0.6 is 0 Å². The van der Waals surface area contributed by atoms with E-state index >= 15 is 0 Å². The molecule has 1 nitrogen and oxygen atoms in total. The maximum atomic E-state index is 4.19. The van der Waals surface area contributed by atoms with Crippen molar-refractivity contribution in [2.75, 3.05) is 13.1 Å². The van der Waals surface area contributed by atoms with Crippen molar-refractivity contribution < 1.29 is 0 Å². The van der Waals surface area contributed by atoms with Crippen LogP contribution in [0.2, 0.25) is 0 Å². The fourth-order valence-corrected chi connectivity index (χ4v) is 4.45. The van der Waals surface area contributed by atoms with Gasteiger partial charge >= 0.3 is 0 Å². The van der Waals surface area contributed by atoms with Crippen molar-refractivity contribution in [2.24, 2.45) is 5.92 Å². The average molecular weight is 362 g/mol. The molecule has 0 unspecified atom stereocenters. The highest BCUT2D eigenvalue weighted by Crippen LogP contribution is 2.33. The second-order valence-corrected chi connectivity index (χ2v) is 8.28. The number of benzene rings is 1. The summed E-state index contributed by atoms with van der Waals surface area (Å²) in [6, 6.07) is 7.04. The highest BCUT2D eigenvalue weighted by molar-refractivity contribution is 5.71. The zero-order valence-electron chi connectivity index (χ0n) is 17.4. The van der Waals surface area contributed by atoms with E-state index in [1.54, 1.807) is 0 Å². The van der Waals surface area contributed by atoms with Gasteiger partial charge in [0.1, 0.15) is 0 Å². The van der Waals surface area contributed by atoms with Gasteiger partial charge in [-0.25, -0.2) is 0 Å². The average Bonchev–Trinajstić information content (AvgIpc) is 2.64. The fourth-order valence-electron chi connectivity index (χ4n) is 4.45. The summed E-state index contributed by atoms with van der Waals surface area (Å²) in [4.78, 5) is 0. The molecule has 1 N–H and O–H groups in total. The second kappa shape index (κ2) is 9.37. The van der Waals surface area contributed by atoms with Gasteiger partial charge in [0, 0.05) is 0 Å². The highest BCUT2D eigenvalue weighted by Gasteiger charge is 2.13. The smallest absolute Gasteiger partial charge is 0.00433 e. The summed E-state index contributed by atoms with van der Waals surface area (Å²) < 4.78 is 0. The molecule has 1 heterocycles. The highest BCUT2D eigenvalue weighted by atomic mass is 14.9. The Bertz CT molecular complexity index is 860. The van der Waals surface area contributed by atoms with E-state index in [0.29, 0.717) is 0 Å². The lowest BCUT2D eigenvalue weighted by Gasteiger charge is -2.20. The summed E-state index contributed by atoms with van der Waals surface area (Å²) >= 11 is 0. The molecule has 1 aliphatic heterocycles. The molecule has 1 saturated heterocycles. The van der Waals surface area contributed by atoms with Crippen LogP contribution in [0.3, 0.4) is 0 Å². The Balaban J connectivity index is 1.99. The van der Waals surface area contributed by atoms with Crippen LogP contribution in [0.5, 0.6) is 0 Å². The molecule has 0 radical (unpaired) electrons. The van der Waals surface area contributed by atoms with Gasteiger partial charge in [0.2, 0.25) is 0 Å². The first-order valence-electron chi connectivity index (χ1n) is 10.6. The van der Waals surface area contributed by atoms with Crippen LogP contribution in [-0.2, 0) is 0 Å². The first-order valence-corrected chi connectivity index (χ1v) is 10.6. The topological polar surface area (TPSA) is 12.0 Å². The van der Waals surface area contributed by atoms with E-state index in [0.717, 1.165) is 44.7 Å². The first-order chi connectivity index (χ1) is 13.1. The van der Waals surface area contributed by atoms with Gasteiger partial charge in [-0.05, 0) is 99.0 Å². The molecule has 0 amide bonds. The normalized spacial score (nSPS) is 21.3. The van der Waals surface area contributed by atoms with Crippen LogP contribution in [-0.4, -0.2) is 13.1 Å². The molecule has 2 aliphatic rings. The van der Waals surface area contributed by atoms with E-state index in [4.69, 9.17) is 0 Å². The van der Waals surface area contributed by atoms with Crippen molar-refractivity contribution in [3.05, 3.63) is 63.6 Å². The van der Waals surface area contributed by atoms with Crippen molar-refractivity contribution >= 4 is 17.7 Å². The SMILES string of the molecule is C=C1CCC(c2ccc(=C/CC)/c(=C\C(C)=C/C3CCNCC3)c2)=C(C)C1. The summed E-state index contributed by atoms with van der Waals surface area (Å²) in [7, 11) is 0. The zero-order chi connectivity index (χ0) is 19.2. The van der Waals surface area contributed by atoms with Crippen LogP contribution in [0.15, 0.2) is 47.6 Å². The molecule has 0 saturated carbocycles. The van der Waals surface area contributed by atoms with Crippen LogP contribution < -0.4 is 15.8 Å². The van der Waals surface area contributed by atoms with Gasteiger partial charge in [0.05, 0.1) is 0 Å². The summed E-state index contributed by atoms with van der Waals surface area (Å²) in [5.74, 6) is 0.721. The quantitative estimate of drug-likeness (QED) is 0.734. The molecule has 1 aromatic rings. The van der Waals surface area contributed by atoms with Gasteiger partial charge in [-0.15, -0.1) is 0 Å². The number of hydrogen-bond donors (Lipinski definition) is 1. The van der Waals surface area contributed by atoms with Crippen molar-refractivity contribution in [2.45, 2.75) is 59.3 Å². The third kappa shape index (κ3) is 5.32. The Morgan fingerprint density at radius 1 is 1.19 bits per heavy atom. The van der Waals surface area contributed by atoms with Crippen LogP contribution in [0.25, 0.3) is 17.7 Å². The Labute approximate surface area is 165 Å². The van der Waals surface area contributed by atoms with E-state index in [1.807, 2.05) is 0 Å². The maximum Gasteiger partial charge on any atom is -0.00433 e. The van der Waals surface area contributed by atoms with E-state index in [1.165, 1.54) is 51.1 Å². The third-order valence-corrected chi connectivity index (χ3v) is 5.88. The predicted molar refractivity (Wildman–Crippen MR) is 120 cm³/mol. The molecular formula is C26H35N. The Morgan fingerprint density at radius 3 is 2.67 bits per heavy atom. The van der Waals surface area contributed by atoms with E-state index < -0.39 is 0 Å². The molecule has 3 rings (SSSR count). The Morgan fingerprint density at radius 2 is 1.96 bits per heavy atom. The van der Waals surface area contributed by atoms with Crippen molar-refractivity contribution in [3.63, 3.8) is 0 Å². The molecule has 1 aliphatic carbocycles. The van der Waals surface area contributed by atoms with Crippen molar-refractivity contribution in [1.29, 1.82) is 0 Å². The van der Waals surface area contributed by atoms with Crippen LogP contribution in [0.1, 0.15) is 64.9 Å². The number of piperidine rings is 1.